The Kier molecular flexibility index (Phi) is 2.64. The number of allylic oxidation sites excluding steroid dienone is 2. The lowest BCUT2D eigenvalue weighted by Gasteiger charge is -2.10. The van der Waals surface area contributed by atoms with E-state index in [2.05, 4.69) is 5.32 Å². The van der Waals surface area contributed by atoms with Crippen molar-refractivity contribution in [1.29, 1.82) is 0 Å². The number of ketones is 1. The predicted octanol–water partition coefficient (Wildman–Crippen LogP) is 0.859. The monoisotopic (exact) mass is 181 g/mol. The van der Waals surface area contributed by atoms with E-state index in [1.807, 2.05) is 0 Å². The van der Waals surface area contributed by atoms with Gasteiger partial charge in [0.15, 0.2) is 5.78 Å². The molecule has 1 fully saturated rings. The van der Waals surface area contributed by atoms with Gasteiger partial charge < -0.3 is 10.1 Å². The maximum absolute atomic E-state index is 10.9. The van der Waals surface area contributed by atoms with Gasteiger partial charge in [-0.2, -0.15) is 0 Å². The fraction of sp³-hybridized carbons (Fsp3) is 0.700. The second-order valence-corrected chi connectivity index (χ2v) is 3.75. The summed E-state index contributed by atoms with van der Waals surface area (Å²) < 4.78 is 5.27. The lowest BCUT2D eigenvalue weighted by molar-refractivity contribution is -0.114. The molecule has 3 nitrogen and oxygen atoms in total. The van der Waals surface area contributed by atoms with Crippen LogP contribution in [-0.2, 0) is 9.53 Å². The van der Waals surface area contributed by atoms with E-state index in [1.165, 1.54) is 0 Å². The van der Waals surface area contributed by atoms with Crippen LogP contribution in [0.4, 0.5) is 0 Å². The molecule has 1 aliphatic heterocycles. The van der Waals surface area contributed by atoms with Crippen molar-refractivity contribution in [1.82, 2.24) is 5.32 Å². The van der Waals surface area contributed by atoms with Gasteiger partial charge in [0.1, 0.15) is 0 Å². The van der Waals surface area contributed by atoms with Gasteiger partial charge >= 0.3 is 0 Å². The van der Waals surface area contributed by atoms with Gasteiger partial charge in [0.05, 0.1) is 6.61 Å². The third-order valence-corrected chi connectivity index (χ3v) is 2.62. The molecule has 0 amide bonds. The summed E-state index contributed by atoms with van der Waals surface area (Å²) in [5, 5.41) is 3.31. The smallest absolute Gasteiger partial charge is 0.157 e. The highest BCUT2D eigenvalue weighted by Gasteiger charge is 2.17. The van der Waals surface area contributed by atoms with Crippen LogP contribution in [0.1, 0.15) is 19.3 Å². The van der Waals surface area contributed by atoms with Crippen LogP contribution in [0.3, 0.4) is 0 Å². The molecule has 0 aromatic rings. The fourth-order valence-electron chi connectivity index (χ4n) is 1.76. The molecule has 1 saturated heterocycles. The fourth-order valence-corrected chi connectivity index (χ4v) is 1.76. The molecule has 0 aromatic heterocycles. The minimum absolute atomic E-state index is 0.255. The van der Waals surface area contributed by atoms with E-state index in [0.717, 1.165) is 38.3 Å². The van der Waals surface area contributed by atoms with Crippen molar-refractivity contribution in [3.8, 4) is 0 Å². The summed E-state index contributed by atoms with van der Waals surface area (Å²) in [7, 11) is 0. The average molecular weight is 181 g/mol. The third-order valence-electron chi connectivity index (χ3n) is 2.62. The van der Waals surface area contributed by atoms with Crippen molar-refractivity contribution in [3.05, 3.63) is 11.8 Å². The molecule has 1 atom stereocenters. The molecular formula is C10H15NO2. The van der Waals surface area contributed by atoms with Gasteiger partial charge in [0.2, 0.25) is 0 Å². The maximum atomic E-state index is 10.9. The first-order chi connectivity index (χ1) is 6.34. The number of hydrogen-bond acceptors (Lipinski definition) is 3. The Labute approximate surface area is 78.1 Å². The predicted molar refractivity (Wildman–Crippen MR) is 49.3 cm³/mol. The van der Waals surface area contributed by atoms with Gasteiger partial charge in [-0.25, -0.2) is 0 Å². The zero-order valence-electron chi connectivity index (χ0n) is 7.71. The first-order valence-corrected chi connectivity index (χ1v) is 4.89. The Morgan fingerprint density at radius 3 is 3.08 bits per heavy atom. The lowest BCUT2D eigenvalue weighted by atomic mass is 10.1. The summed E-state index contributed by atoms with van der Waals surface area (Å²) in [6.45, 7) is 2.72. The Balaban J connectivity index is 1.73. The van der Waals surface area contributed by atoms with Gasteiger partial charge in [-0.3, -0.25) is 4.79 Å². The highest BCUT2D eigenvalue weighted by Crippen LogP contribution is 2.15. The highest BCUT2D eigenvalue weighted by molar-refractivity contribution is 5.92. The molecule has 0 aromatic carbocycles. The summed E-state index contributed by atoms with van der Waals surface area (Å²) in [6, 6.07) is 0. The minimum Gasteiger partial charge on any atom is -0.388 e. The summed E-state index contributed by atoms with van der Waals surface area (Å²) in [4.78, 5) is 10.9. The lowest BCUT2D eigenvalue weighted by Crippen LogP contribution is -2.21. The van der Waals surface area contributed by atoms with Crippen molar-refractivity contribution in [2.45, 2.75) is 19.3 Å². The summed E-state index contributed by atoms with van der Waals surface area (Å²) in [5.41, 5.74) is 1.11. The molecule has 1 aliphatic carbocycles. The van der Waals surface area contributed by atoms with E-state index >= 15 is 0 Å². The van der Waals surface area contributed by atoms with E-state index in [4.69, 9.17) is 4.74 Å². The Morgan fingerprint density at radius 2 is 2.46 bits per heavy atom. The van der Waals surface area contributed by atoms with Crippen molar-refractivity contribution in [2.75, 3.05) is 19.8 Å². The van der Waals surface area contributed by atoms with Crippen molar-refractivity contribution in [3.63, 3.8) is 0 Å². The average Bonchev–Trinajstić information content (AvgIpc) is 2.71. The number of rotatable bonds is 3. The van der Waals surface area contributed by atoms with Gasteiger partial charge in [-0.05, 0) is 12.8 Å². The topological polar surface area (TPSA) is 38.3 Å². The molecular weight excluding hydrogens is 166 g/mol. The molecule has 0 saturated carbocycles. The highest BCUT2D eigenvalue weighted by atomic mass is 16.5. The van der Waals surface area contributed by atoms with E-state index in [9.17, 15) is 4.79 Å². The Hall–Kier alpha value is -0.830. The standard InChI is InChI=1S/C10H15NO2/c12-10-2-1-9(5-10)11-6-8-3-4-13-7-8/h5,8,11H,1-4,6-7H2. The van der Waals surface area contributed by atoms with Gasteiger partial charge in [-0.15, -0.1) is 0 Å². The van der Waals surface area contributed by atoms with Crippen molar-refractivity contribution < 1.29 is 9.53 Å². The zero-order chi connectivity index (χ0) is 9.10. The van der Waals surface area contributed by atoms with Crippen LogP contribution in [0, 0.1) is 5.92 Å². The van der Waals surface area contributed by atoms with Crippen LogP contribution in [0.2, 0.25) is 0 Å². The SMILES string of the molecule is O=C1C=C(NCC2CCOC2)CC1. The molecule has 2 rings (SSSR count). The van der Waals surface area contributed by atoms with Crippen LogP contribution in [-0.4, -0.2) is 25.5 Å². The second-order valence-electron chi connectivity index (χ2n) is 3.75. The van der Waals surface area contributed by atoms with Gasteiger partial charge in [0.25, 0.3) is 0 Å². The van der Waals surface area contributed by atoms with Crippen LogP contribution in [0.25, 0.3) is 0 Å². The molecule has 1 heterocycles. The summed E-state index contributed by atoms with van der Waals surface area (Å²) in [5.74, 6) is 0.891. The van der Waals surface area contributed by atoms with Crippen LogP contribution in [0.5, 0.6) is 0 Å². The van der Waals surface area contributed by atoms with Crippen LogP contribution < -0.4 is 5.32 Å². The molecule has 13 heavy (non-hydrogen) atoms. The minimum atomic E-state index is 0.255. The van der Waals surface area contributed by atoms with Crippen LogP contribution in [0.15, 0.2) is 11.8 Å². The number of carbonyl (C=O) groups excluding carboxylic acids is 1. The molecule has 3 heteroatoms. The second kappa shape index (κ2) is 3.92. The quantitative estimate of drug-likeness (QED) is 0.701. The third kappa shape index (κ3) is 2.31. The normalized spacial score (nSPS) is 27.8. The van der Waals surface area contributed by atoms with Crippen molar-refractivity contribution in [2.24, 2.45) is 5.92 Å². The Bertz CT molecular complexity index is 229. The molecule has 0 spiro atoms. The number of ether oxygens (including phenoxy) is 1. The van der Waals surface area contributed by atoms with E-state index in [0.29, 0.717) is 12.3 Å². The van der Waals surface area contributed by atoms with Crippen LogP contribution >= 0.6 is 0 Å². The largest absolute Gasteiger partial charge is 0.388 e. The van der Waals surface area contributed by atoms with Gasteiger partial charge in [-0.1, -0.05) is 0 Å². The first kappa shape index (κ1) is 8.75. The van der Waals surface area contributed by atoms with Crippen molar-refractivity contribution >= 4 is 5.78 Å². The summed E-state index contributed by atoms with van der Waals surface area (Å²) in [6.07, 6.45) is 4.46. The zero-order valence-corrected chi connectivity index (χ0v) is 7.71. The van der Waals surface area contributed by atoms with Gasteiger partial charge in [0, 0.05) is 37.3 Å². The van der Waals surface area contributed by atoms with E-state index in [1.54, 1.807) is 6.08 Å². The maximum Gasteiger partial charge on any atom is 0.157 e. The molecule has 1 N–H and O–H groups in total. The molecule has 1 unspecified atom stereocenters. The number of hydrogen-bond donors (Lipinski definition) is 1. The Morgan fingerprint density at radius 1 is 1.54 bits per heavy atom. The number of carbonyl (C=O) groups is 1. The molecule has 72 valence electrons. The first-order valence-electron chi connectivity index (χ1n) is 4.89. The number of nitrogens with one attached hydrogen (secondary N) is 1. The molecule has 0 radical (unpaired) electrons. The molecule has 2 aliphatic rings. The summed E-state index contributed by atoms with van der Waals surface area (Å²) >= 11 is 0. The van der Waals surface area contributed by atoms with E-state index < -0.39 is 0 Å². The van der Waals surface area contributed by atoms with E-state index in [-0.39, 0.29) is 5.78 Å². The molecule has 0 bridgehead atoms.